The maximum Gasteiger partial charge on any atom is 0.295 e. The number of Topliss-reactive ketones (excluding diaryl/α,β-unsaturated/α-hetero) is 1. The van der Waals surface area contributed by atoms with Crippen molar-refractivity contribution in [2.45, 2.75) is 56.4 Å². The normalized spacial score (nSPS) is 20.4. The third-order valence-corrected chi connectivity index (χ3v) is 9.20. The molecule has 2 heterocycles. The van der Waals surface area contributed by atoms with Gasteiger partial charge in [-0.1, -0.05) is 44.5 Å². The van der Waals surface area contributed by atoms with Crippen LogP contribution in [0.25, 0.3) is 5.76 Å². The number of carbonyl (C=O) groups excluding carboxylic acids is 2. The first-order valence-electron chi connectivity index (χ1n) is 13.1. The number of sulfonamides is 1. The molecule has 0 bridgehead atoms. The van der Waals surface area contributed by atoms with Crippen LogP contribution in [0, 0.1) is 0 Å². The van der Waals surface area contributed by atoms with Crippen molar-refractivity contribution in [1.82, 2.24) is 9.21 Å². The van der Waals surface area contributed by atoms with E-state index < -0.39 is 27.8 Å². The predicted octanol–water partition coefficient (Wildman–Crippen LogP) is 4.44. The van der Waals surface area contributed by atoms with Gasteiger partial charge >= 0.3 is 0 Å². The number of aliphatic hydroxyl groups is 1. The zero-order chi connectivity index (χ0) is 27.4. The van der Waals surface area contributed by atoms with Crippen LogP contribution in [0.15, 0.2) is 59.0 Å². The minimum absolute atomic E-state index is 0.00338. The summed E-state index contributed by atoms with van der Waals surface area (Å²) in [4.78, 5) is 27.9. The molecule has 0 saturated carbocycles. The first-order valence-corrected chi connectivity index (χ1v) is 14.6. The second-order valence-corrected chi connectivity index (χ2v) is 12.1. The van der Waals surface area contributed by atoms with Gasteiger partial charge in [-0.05, 0) is 60.6 Å². The molecule has 4 rings (SSSR count). The molecule has 2 aromatic carbocycles. The number of nitrogens with zero attached hydrogens (tertiary/aromatic N) is 2. The summed E-state index contributed by atoms with van der Waals surface area (Å²) in [5, 5.41) is 11.3. The lowest BCUT2D eigenvalue weighted by Crippen LogP contribution is -2.35. The minimum Gasteiger partial charge on any atom is -0.507 e. The fraction of sp³-hybridized carbons (Fsp3) is 0.448. The maximum absolute atomic E-state index is 13.2. The number of amides is 1. The van der Waals surface area contributed by atoms with Crippen molar-refractivity contribution >= 4 is 27.5 Å². The Labute approximate surface area is 225 Å². The van der Waals surface area contributed by atoms with Crippen molar-refractivity contribution in [2.75, 3.05) is 33.4 Å². The lowest BCUT2D eigenvalue weighted by molar-refractivity contribution is -0.140. The van der Waals surface area contributed by atoms with E-state index >= 15 is 0 Å². The second-order valence-electron chi connectivity index (χ2n) is 10.1. The van der Waals surface area contributed by atoms with E-state index in [1.165, 1.54) is 33.5 Å². The zero-order valence-electron chi connectivity index (χ0n) is 22.2. The van der Waals surface area contributed by atoms with Crippen LogP contribution in [0.5, 0.6) is 0 Å². The number of ether oxygens (including phenoxy) is 1. The molecule has 1 N–H and O–H groups in total. The summed E-state index contributed by atoms with van der Waals surface area (Å²) in [6, 6.07) is 12.8. The fourth-order valence-electron chi connectivity index (χ4n) is 5.09. The number of methoxy groups -OCH3 is 1. The van der Waals surface area contributed by atoms with Crippen molar-refractivity contribution in [1.29, 1.82) is 0 Å². The molecule has 0 spiro atoms. The van der Waals surface area contributed by atoms with Crippen molar-refractivity contribution in [3.8, 4) is 0 Å². The fourth-order valence-corrected chi connectivity index (χ4v) is 6.61. The molecule has 204 valence electrons. The number of hydrogen-bond donors (Lipinski definition) is 1. The Morgan fingerprint density at radius 2 is 1.63 bits per heavy atom. The van der Waals surface area contributed by atoms with Crippen molar-refractivity contribution in [3.63, 3.8) is 0 Å². The molecule has 2 saturated heterocycles. The molecule has 1 amide bonds. The Kier molecular flexibility index (Phi) is 8.70. The van der Waals surface area contributed by atoms with Gasteiger partial charge in [0, 0.05) is 38.9 Å². The number of rotatable bonds is 9. The topological polar surface area (TPSA) is 104 Å². The third kappa shape index (κ3) is 5.55. The Morgan fingerprint density at radius 3 is 2.21 bits per heavy atom. The molecule has 8 nitrogen and oxygen atoms in total. The van der Waals surface area contributed by atoms with E-state index in [0.717, 1.165) is 30.4 Å². The summed E-state index contributed by atoms with van der Waals surface area (Å²) >= 11 is 0. The number of benzene rings is 2. The smallest absolute Gasteiger partial charge is 0.295 e. The molecule has 0 radical (unpaired) electrons. The van der Waals surface area contributed by atoms with Crippen molar-refractivity contribution in [3.05, 3.63) is 70.8 Å². The van der Waals surface area contributed by atoms with Gasteiger partial charge in [-0.2, -0.15) is 4.31 Å². The van der Waals surface area contributed by atoms with Gasteiger partial charge in [0.05, 0.1) is 16.5 Å². The van der Waals surface area contributed by atoms with Gasteiger partial charge in [0.1, 0.15) is 5.76 Å². The Balaban J connectivity index is 1.72. The zero-order valence-corrected chi connectivity index (χ0v) is 23.0. The second kappa shape index (κ2) is 11.8. The lowest BCUT2D eigenvalue weighted by Gasteiger charge is -2.26. The van der Waals surface area contributed by atoms with Crippen LogP contribution in [0.3, 0.4) is 0 Å². The minimum atomic E-state index is -3.64. The molecular formula is C29H36N2O6S. The van der Waals surface area contributed by atoms with Gasteiger partial charge in [-0.15, -0.1) is 0 Å². The number of carbonyl (C=O) groups is 2. The van der Waals surface area contributed by atoms with E-state index in [1.807, 2.05) is 24.3 Å². The summed E-state index contributed by atoms with van der Waals surface area (Å²) in [5.41, 5.74) is 2.12. The maximum atomic E-state index is 13.2. The van der Waals surface area contributed by atoms with Crippen LogP contribution < -0.4 is 0 Å². The average molecular weight is 541 g/mol. The highest BCUT2D eigenvalue weighted by molar-refractivity contribution is 7.89. The number of piperidine rings is 1. The van der Waals surface area contributed by atoms with Crippen LogP contribution in [-0.2, 0) is 24.3 Å². The van der Waals surface area contributed by atoms with Gasteiger partial charge in [0.2, 0.25) is 10.0 Å². The summed E-state index contributed by atoms with van der Waals surface area (Å²) in [7, 11) is -2.06. The van der Waals surface area contributed by atoms with Crippen LogP contribution in [0.4, 0.5) is 0 Å². The first kappa shape index (κ1) is 28.0. The summed E-state index contributed by atoms with van der Waals surface area (Å²) < 4.78 is 32.7. The Hall–Kier alpha value is -3.01. The van der Waals surface area contributed by atoms with Gasteiger partial charge in [0.15, 0.2) is 0 Å². The van der Waals surface area contributed by atoms with Gasteiger partial charge in [-0.25, -0.2) is 8.42 Å². The largest absolute Gasteiger partial charge is 0.507 e. The standard InChI is InChI=1S/C29H36N2O6S/c1-20(2)21-8-10-22(11-9-21)26-25(28(33)29(34)31(26)18-7-19-37-3)27(32)23-12-14-24(15-13-23)38(35,36)30-16-5-4-6-17-30/h8-15,20,26,32H,4-7,16-19H2,1-3H3/t26-/m1/s1. The van der Waals surface area contributed by atoms with E-state index in [2.05, 4.69) is 13.8 Å². The molecule has 0 aromatic heterocycles. The highest BCUT2D eigenvalue weighted by atomic mass is 32.2. The highest BCUT2D eigenvalue weighted by Gasteiger charge is 2.45. The quantitative estimate of drug-likeness (QED) is 0.218. The number of ketones is 1. The van der Waals surface area contributed by atoms with Gasteiger partial charge in [-0.3, -0.25) is 9.59 Å². The monoisotopic (exact) mass is 540 g/mol. The molecule has 2 fully saturated rings. The molecule has 0 unspecified atom stereocenters. The SMILES string of the molecule is COCCCN1C(=O)C(=O)C(=C(O)c2ccc(S(=O)(=O)N3CCCCC3)cc2)[C@H]1c1ccc(C(C)C)cc1. The van der Waals surface area contributed by atoms with E-state index in [0.29, 0.717) is 38.6 Å². The molecule has 2 aliphatic rings. The van der Waals surface area contributed by atoms with Crippen molar-refractivity contribution in [2.24, 2.45) is 0 Å². The van der Waals surface area contributed by atoms with E-state index in [4.69, 9.17) is 4.74 Å². The van der Waals surface area contributed by atoms with Crippen LogP contribution >= 0.6 is 0 Å². The number of aliphatic hydroxyl groups excluding tert-OH is 1. The molecular weight excluding hydrogens is 504 g/mol. The molecule has 2 aliphatic heterocycles. The first-order chi connectivity index (χ1) is 18.2. The molecule has 38 heavy (non-hydrogen) atoms. The lowest BCUT2D eigenvalue weighted by atomic mass is 9.93. The van der Waals surface area contributed by atoms with Gasteiger partial charge in [0.25, 0.3) is 11.7 Å². The summed E-state index contributed by atoms with van der Waals surface area (Å²) in [5.74, 6) is -1.44. The predicted molar refractivity (Wildman–Crippen MR) is 145 cm³/mol. The molecule has 1 atom stereocenters. The van der Waals surface area contributed by atoms with Crippen LogP contribution in [-0.4, -0.2) is 67.8 Å². The molecule has 2 aromatic rings. The summed E-state index contributed by atoms with van der Waals surface area (Å²) in [6.07, 6.45) is 3.22. The van der Waals surface area contributed by atoms with E-state index in [-0.39, 0.29) is 21.8 Å². The van der Waals surface area contributed by atoms with Crippen LogP contribution in [0.2, 0.25) is 0 Å². The Morgan fingerprint density at radius 1 is 1.00 bits per heavy atom. The van der Waals surface area contributed by atoms with E-state index in [9.17, 15) is 23.1 Å². The van der Waals surface area contributed by atoms with E-state index in [1.54, 1.807) is 7.11 Å². The summed E-state index contributed by atoms with van der Waals surface area (Å²) in [6.45, 7) is 5.87. The highest BCUT2D eigenvalue weighted by Crippen LogP contribution is 2.40. The third-order valence-electron chi connectivity index (χ3n) is 7.29. The Bertz CT molecular complexity index is 1290. The number of hydrogen-bond acceptors (Lipinski definition) is 6. The number of likely N-dealkylation sites (tertiary alicyclic amines) is 1. The average Bonchev–Trinajstić information content (AvgIpc) is 3.18. The van der Waals surface area contributed by atoms with Crippen molar-refractivity contribution < 1.29 is 27.9 Å². The van der Waals surface area contributed by atoms with Gasteiger partial charge < -0.3 is 14.7 Å². The molecule has 0 aliphatic carbocycles. The molecule has 9 heteroatoms. The van der Waals surface area contributed by atoms with Crippen LogP contribution in [0.1, 0.15) is 68.2 Å².